The molecule has 1 aliphatic rings. The first kappa shape index (κ1) is 17.5. The second-order valence-electron chi connectivity index (χ2n) is 6.75. The number of tetrazole rings is 1. The third-order valence-corrected chi connectivity index (χ3v) is 4.83. The van der Waals surface area contributed by atoms with E-state index in [1.165, 1.54) is 42.9 Å². The molecule has 0 atom stereocenters. The van der Waals surface area contributed by atoms with E-state index in [0.29, 0.717) is 17.9 Å². The first-order chi connectivity index (χ1) is 12.1. The molecule has 3 rings (SSSR count). The van der Waals surface area contributed by atoms with E-state index < -0.39 is 5.82 Å². The Kier molecular flexibility index (Phi) is 5.73. The van der Waals surface area contributed by atoms with Crippen molar-refractivity contribution in [2.45, 2.75) is 58.3 Å². The van der Waals surface area contributed by atoms with Crippen molar-refractivity contribution in [3.63, 3.8) is 0 Å². The molecule has 0 spiro atoms. The summed E-state index contributed by atoms with van der Waals surface area (Å²) >= 11 is 0. The van der Waals surface area contributed by atoms with Crippen LogP contribution in [0.25, 0.3) is 5.69 Å². The Morgan fingerprint density at radius 1 is 1.32 bits per heavy atom. The zero-order valence-electron chi connectivity index (χ0n) is 14.5. The van der Waals surface area contributed by atoms with Crippen LogP contribution in [-0.4, -0.2) is 26.1 Å². The van der Waals surface area contributed by atoms with E-state index in [9.17, 15) is 9.18 Å². The van der Waals surface area contributed by atoms with Crippen LogP contribution in [0.3, 0.4) is 0 Å². The summed E-state index contributed by atoms with van der Waals surface area (Å²) in [7, 11) is 0. The van der Waals surface area contributed by atoms with Gasteiger partial charge in [0.25, 0.3) is 0 Å². The van der Waals surface area contributed by atoms with Gasteiger partial charge >= 0.3 is 0 Å². The van der Waals surface area contributed by atoms with Gasteiger partial charge in [0.1, 0.15) is 5.82 Å². The van der Waals surface area contributed by atoms with E-state index in [-0.39, 0.29) is 11.6 Å². The summed E-state index contributed by atoms with van der Waals surface area (Å²) in [5.74, 6) is 0.733. The van der Waals surface area contributed by atoms with E-state index >= 15 is 0 Å². The average Bonchev–Trinajstić information content (AvgIpc) is 3.04. The highest BCUT2D eigenvalue weighted by molar-refractivity contribution is 5.91. The van der Waals surface area contributed by atoms with Gasteiger partial charge in [-0.3, -0.25) is 4.79 Å². The Balaban J connectivity index is 1.56. The average molecular weight is 345 g/mol. The minimum atomic E-state index is -0.463. The van der Waals surface area contributed by atoms with E-state index in [2.05, 4.69) is 20.8 Å². The number of hydrogen-bond donors (Lipinski definition) is 1. The molecule has 0 radical (unpaired) electrons. The number of aromatic nitrogens is 4. The quantitative estimate of drug-likeness (QED) is 0.864. The van der Waals surface area contributed by atoms with Crippen molar-refractivity contribution < 1.29 is 9.18 Å². The SMILES string of the molecule is Cc1nnnn1-c1ccc(F)c(NC(=O)CCCC2CCCCC2)c1. The Hall–Kier alpha value is -2.31. The van der Waals surface area contributed by atoms with Crippen molar-refractivity contribution in [2.24, 2.45) is 5.92 Å². The fourth-order valence-corrected chi connectivity index (χ4v) is 3.45. The van der Waals surface area contributed by atoms with Gasteiger partial charge in [-0.2, -0.15) is 4.68 Å². The molecule has 134 valence electrons. The summed E-state index contributed by atoms with van der Waals surface area (Å²) in [5, 5.41) is 13.9. The maximum absolute atomic E-state index is 14.0. The smallest absolute Gasteiger partial charge is 0.224 e. The van der Waals surface area contributed by atoms with E-state index in [4.69, 9.17) is 0 Å². The van der Waals surface area contributed by atoms with Gasteiger partial charge in [0.15, 0.2) is 5.82 Å². The second kappa shape index (κ2) is 8.18. The van der Waals surface area contributed by atoms with E-state index in [0.717, 1.165) is 18.8 Å². The third kappa shape index (κ3) is 4.61. The predicted octanol–water partition coefficient (Wildman–Crippen LogP) is 3.80. The van der Waals surface area contributed by atoms with Crippen LogP contribution in [0.15, 0.2) is 18.2 Å². The van der Waals surface area contributed by atoms with Gasteiger partial charge in [-0.25, -0.2) is 4.39 Å². The number of carbonyl (C=O) groups is 1. The Morgan fingerprint density at radius 2 is 2.12 bits per heavy atom. The summed E-state index contributed by atoms with van der Waals surface area (Å²) in [6.45, 7) is 1.76. The number of anilines is 1. The van der Waals surface area contributed by atoms with Crippen LogP contribution in [0.1, 0.15) is 57.2 Å². The van der Waals surface area contributed by atoms with Crippen molar-refractivity contribution >= 4 is 11.6 Å². The molecule has 25 heavy (non-hydrogen) atoms. The molecule has 0 unspecified atom stereocenters. The molecule has 7 heteroatoms. The van der Waals surface area contributed by atoms with Gasteiger partial charge in [0.05, 0.1) is 11.4 Å². The van der Waals surface area contributed by atoms with Crippen molar-refractivity contribution in [1.29, 1.82) is 0 Å². The first-order valence-corrected chi connectivity index (χ1v) is 8.98. The van der Waals surface area contributed by atoms with Crippen molar-refractivity contribution in [1.82, 2.24) is 20.2 Å². The molecule has 1 aromatic carbocycles. The van der Waals surface area contributed by atoms with Crippen LogP contribution >= 0.6 is 0 Å². The molecule has 2 aromatic rings. The van der Waals surface area contributed by atoms with Gasteiger partial charge in [-0.15, -0.1) is 5.10 Å². The Morgan fingerprint density at radius 3 is 2.84 bits per heavy atom. The monoisotopic (exact) mass is 345 g/mol. The summed E-state index contributed by atoms with van der Waals surface area (Å²) in [6, 6.07) is 4.45. The largest absolute Gasteiger partial charge is 0.324 e. The fourth-order valence-electron chi connectivity index (χ4n) is 3.45. The molecule has 1 fully saturated rings. The molecule has 1 aromatic heterocycles. The Labute approximate surface area is 146 Å². The molecule has 1 aliphatic carbocycles. The fraction of sp³-hybridized carbons (Fsp3) is 0.556. The molecular formula is C18H24FN5O. The summed E-state index contributed by atoms with van der Waals surface area (Å²) in [6.07, 6.45) is 8.88. The van der Waals surface area contributed by atoms with Crippen LogP contribution in [0.5, 0.6) is 0 Å². The molecule has 1 N–H and O–H groups in total. The van der Waals surface area contributed by atoms with Crippen molar-refractivity contribution in [3.8, 4) is 5.69 Å². The molecular weight excluding hydrogens is 321 g/mol. The number of amides is 1. The lowest BCUT2D eigenvalue weighted by Crippen LogP contribution is -2.14. The summed E-state index contributed by atoms with van der Waals surface area (Å²) < 4.78 is 15.5. The molecule has 1 amide bonds. The number of nitrogens with one attached hydrogen (secondary N) is 1. The topological polar surface area (TPSA) is 72.7 Å². The number of benzene rings is 1. The molecule has 6 nitrogen and oxygen atoms in total. The van der Waals surface area contributed by atoms with E-state index in [1.54, 1.807) is 19.1 Å². The van der Waals surface area contributed by atoms with Crippen LogP contribution in [0, 0.1) is 18.7 Å². The number of halogens is 1. The highest BCUT2D eigenvalue weighted by atomic mass is 19.1. The number of carbonyl (C=O) groups excluding carboxylic acids is 1. The summed E-state index contributed by atoms with van der Waals surface area (Å²) in [4.78, 5) is 12.1. The molecule has 0 aliphatic heterocycles. The number of hydrogen-bond acceptors (Lipinski definition) is 4. The summed E-state index contributed by atoms with van der Waals surface area (Å²) in [5.41, 5.74) is 0.775. The highest BCUT2D eigenvalue weighted by Crippen LogP contribution is 2.28. The lowest BCUT2D eigenvalue weighted by Gasteiger charge is -2.21. The van der Waals surface area contributed by atoms with Crippen LogP contribution in [0.4, 0.5) is 10.1 Å². The number of rotatable bonds is 6. The molecule has 0 saturated heterocycles. The standard InChI is InChI=1S/C18H24FN5O/c1-13-21-22-23-24(13)15-10-11-16(19)17(12-15)20-18(25)9-5-8-14-6-3-2-4-7-14/h10-12,14H,2-9H2,1H3,(H,20,25). The maximum atomic E-state index is 14.0. The lowest BCUT2D eigenvalue weighted by atomic mass is 9.86. The van der Waals surface area contributed by atoms with Gasteiger partial charge in [-0.1, -0.05) is 32.1 Å². The van der Waals surface area contributed by atoms with Crippen molar-refractivity contribution in [3.05, 3.63) is 29.8 Å². The van der Waals surface area contributed by atoms with Gasteiger partial charge in [0.2, 0.25) is 5.91 Å². The van der Waals surface area contributed by atoms with Crippen LogP contribution in [-0.2, 0) is 4.79 Å². The van der Waals surface area contributed by atoms with Gasteiger partial charge < -0.3 is 5.32 Å². The van der Waals surface area contributed by atoms with Crippen LogP contribution in [0.2, 0.25) is 0 Å². The molecule has 1 heterocycles. The number of nitrogens with zero attached hydrogens (tertiary/aromatic N) is 4. The predicted molar refractivity (Wildman–Crippen MR) is 92.9 cm³/mol. The second-order valence-corrected chi connectivity index (χ2v) is 6.75. The lowest BCUT2D eigenvalue weighted by molar-refractivity contribution is -0.116. The number of aryl methyl sites for hydroxylation is 1. The zero-order chi connectivity index (χ0) is 17.6. The third-order valence-electron chi connectivity index (χ3n) is 4.83. The van der Waals surface area contributed by atoms with Gasteiger partial charge in [0, 0.05) is 6.42 Å². The minimum absolute atomic E-state index is 0.153. The Bertz CT molecular complexity index is 724. The zero-order valence-corrected chi connectivity index (χ0v) is 14.5. The van der Waals surface area contributed by atoms with Crippen molar-refractivity contribution in [2.75, 3.05) is 5.32 Å². The molecule has 1 saturated carbocycles. The minimum Gasteiger partial charge on any atom is -0.324 e. The highest BCUT2D eigenvalue weighted by Gasteiger charge is 2.15. The molecule has 0 bridgehead atoms. The first-order valence-electron chi connectivity index (χ1n) is 8.98. The van der Waals surface area contributed by atoms with Gasteiger partial charge in [-0.05, 0) is 54.3 Å². The normalized spacial score (nSPS) is 15.3. The maximum Gasteiger partial charge on any atom is 0.224 e. The van der Waals surface area contributed by atoms with E-state index in [1.807, 2.05) is 0 Å². The van der Waals surface area contributed by atoms with Crippen LogP contribution < -0.4 is 5.32 Å².